The van der Waals surface area contributed by atoms with Gasteiger partial charge < -0.3 is 15.0 Å². The Labute approximate surface area is 123 Å². The molecule has 1 atom stereocenters. The highest BCUT2D eigenvalue weighted by Crippen LogP contribution is 2.40. The van der Waals surface area contributed by atoms with Crippen LogP contribution in [0, 0.1) is 5.82 Å². The third-order valence-corrected chi connectivity index (χ3v) is 3.20. The van der Waals surface area contributed by atoms with Crippen molar-refractivity contribution < 1.29 is 22.7 Å². The van der Waals surface area contributed by atoms with Gasteiger partial charge in [0.2, 0.25) is 5.60 Å². The number of pyridine rings is 1. The van der Waals surface area contributed by atoms with E-state index in [2.05, 4.69) is 15.3 Å². The second kappa shape index (κ2) is 5.91. The van der Waals surface area contributed by atoms with E-state index in [0.717, 1.165) is 16.8 Å². The normalized spacial score (nSPS) is 14.6. The van der Waals surface area contributed by atoms with Gasteiger partial charge in [0, 0.05) is 38.6 Å². The molecule has 120 valence electrons. The highest BCUT2D eigenvalue weighted by atomic mass is 19.4. The predicted molar refractivity (Wildman–Crippen MR) is 70.5 cm³/mol. The smallest absolute Gasteiger partial charge is 0.374 e. The molecule has 0 fully saturated rings. The van der Waals surface area contributed by atoms with Gasteiger partial charge in [-0.2, -0.15) is 13.2 Å². The largest absolute Gasteiger partial charge is 0.424 e. The molecule has 0 amide bonds. The second-order valence-corrected chi connectivity index (χ2v) is 4.73. The number of aryl methyl sites for hydroxylation is 1. The van der Waals surface area contributed by atoms with Gasteiger partial charge in [-0.1, -0.05) is 0 Å². The van der Waals surface area contributed by atoms with Gasteiger partial charge in [0.25, 0.3) is 0 Å². The van der Waals surface area contributed by atoms with Crippen LogP contribution >= 0.6 is 0 Å². The van der Waals surface area contributed by atoms with Crippen LogP contribution in [-0.2, 0) is 12.6 Å². The van der Waals surface area contributed by atoms with Gasteiger partial charge in [-0.15, -0.1) is 0 Å². The molecule has 2 aromatic rings. The van der Waals surface area contributed by atoms with Crippen LogP contribution in [0.4, 0.5) is 23.4 Å². The summed E-state index contributed by atoms with van der Waals surface area (Å²) in [6.07, 6.45) is -1.89. The molecule has 0 aliphatic rings. The Kier molecular flexibility index (Phi) is 4.36. The van der Waals surface area contributed by atoms with E-state index in [1.165, 1.54) is 25.5 Å². The maximum absolute atomic E-state index is 13.4. The van der Waals surface area contributed by atoms with Gasteiger partial charge in [-0.25, -0.2) is 14.4 Å². The fourth-order valence-electron chi connectivity index (χ4n) is 2.02. The fraction of sp³-hybridized carbons (Fsp3) is 0.385. The molecule has 1 unspecified atom stereocenters. The Bertz CT molecular complexity index is 643. The van der Waals surface area contributed by atoms with Crippen molar-refractivity contribution in [2.24, 2.45) is 7.05 Å². The van der Waals surface area contributed by atoms with E-state index in [1.54, 1.807) is 0 Å². The predicted octanol–water partition coefficient (Wildman–Crippen LogP) is 2.21. The first-order chi connectivity index (χ1) is 10.3. The third-order valence-electron chi connectivity index (χ3n) is 3.20. The van der Waals surface area contributed by atoms with E-state index in [9.17, 15) is 22.7 Å². The zero-order chi connectivity index (χ0) is 16.4. The number of nitrogens with zero attached hydrogens (tertiary/aromatic N) is 3. The maximum atomic E-state index is 13.4. The molecule has 2 heterocycles. The number of aromatic nitrogens is 3. The third kappa shape index (κ3) is 3.03. The summed E-state index contributed by atoms with van der Waals surface area (Å²) in [6, 6.07) is 2.49. The molecule has 5 nitrogen and oxygen atoms in total. The lowest BCUT2D eigenvalue weighted by Crippen LogP contribution is -2.45. The van der Waals surface area contributed by atoms with Crippen LogP contribution in [0.3, 0.4) is 0 Å². The molecule has 0 spiro atoms. The zero-order valence-corrected chi connectivity index (χ0v) is 11.6. The molecular formula is C13H14F4N4O. The van der Waals surface area contributed by atoms with Crippen molar-refractivity contribution in [2.75, 3.05) is 11.9 Å². The number of aliphatic hydroxyl groups is 1. The van der Waals surface area contributed by atoms with E-state index in [-0.39, 0.29) is 12.4 Å². The highest BCUT2D eigenvalue weighted by molar-refractivity contribution is 5.35. The molecule has 22 heavy (non-hydrogen) atoms. The molecule has 0 bridgehead atoms. The Morgan fingerprint density at radius 3 is 2.55 bits per heavy atom. The Morgan fingerprint density at radius 2 is 2.00 bits per heavy atom. The summed E-state index contributed by atoms with van der Waals surface area (Å²) in [7, 11) is 1.35. The summed E-state index contributed by atoms with van der Waals surface area (Å²) in [6.45, 7) is -0.337. The minimum atomic E-state index is -4.92. The first-order valence-corrected chi connectivity index (χ1v) is 6.37. The minimum absolute atomic E-state index is 0.174. The Balaban J connectivity index is 2.16. The molecule has 0 saturated carbocycles. The van der Waals surface area contributed by atoms with Crippen LogP contribution in [0.1, 0.15) is 12.2 Å². The zero-order valence-electron chi connectivity index (χ0n) is 11.6. The van der Waals surface area contributed by atoms with Crippen molar-refractivity contribution in [3.63, 3.8) is 0 Å². The van der Waals surface area contributed by atoms with Crippen molar-refractivity contribution >= 4 is 5.82 Å². The summed E-state index contributed by atoms with van der Waals surface area (Å²) in [5.41, 5.74) is -3.14. The molecule has 9 heteroatoms. The number of hydrogen-bond acceptors (Lipinski definition) is 4. The summed E-state index contributed by atoms with van der Waals surface area (Å²) in [5.74, 6) is -1.38. The lowest BCUT2D eigenvalue weighted by molar-refractivity contribution is -0.271. The number of nitrogens with one attached hydrogen (secondary N) is 1. The van der Waals surface area contributed by atoms with Crippen molar-refractivity contribution in [2.45, 2.75) is 18.2 Å². The lowest BCUT2D eigenvalue weighted by Gasteiger charge is -2.30. The van der Waals surface area contributed by atoms with Crippen LogP contribution < -0.4 is 5.32 Å². The summed E-state index contributed by atoms with van der Waals surface area (Å²) < 4.78 is 54.1. The average Bonchev–Trinajstić information content (AvgIpc) is 2.86. The molecule has 2 aromatic heterocycles. The molecular weight excluding hydrogens is 304 g/mol. The van der Waals surface area contributed by atoms with Crippen molar-refractivity contribution in [3.05, 3.63) is 42.4 Å². The Hall–Kier alpha value is -2.16. The van der Waals surface area contributed by atoms with Gasteiger partial charge in [0.1, 0.15) is 5.82 Å². The van der Waals surface area contributed by atoms with Gasteiger partial charge in [0.05, 0.1) is 0 Å². The SMILES string of the molecule is Cn1ccnc1C(O)(CCNc1ncccc1F)C(F)(F)F. The molecule has 0 saturated heterocycles. The van der Waals surface area contributed by atoms with Gasteiger partial charge >= 0.3 is 6.18 Å². The van der Waals surface area contributed by atoms with Gasteiger partial charge in [-0.05, 0) is 12.1 Å². The first-order valence-electron chi connectivity index (χ1n) is 6.37. The lowest BCUT2D eigenvalue weighted by atomic mass is 9.97. The number of rotatable bonds is 5. The number of alkyl halides is 3. The van der Waals surface area contributed by atoms with Crippen LogP contribution in [0.2, 0.25) is 0 Å². The quantitative estimate of drug-likeness (QED) is 0.830. The van der Waals surface area contributed by atoms with E-state index in [0.29, 0.717) is 0 Å². The second-order valence-electron chi connectivity index (χ2n) is 4.73. The molecule has 0 radical (unpaired) electrons. The molecule has 2 rings (SSSR count). The molecule has 0 aliphatic carbocycles. The fourth-order valence-corrected chi connectivity index (χ4v) is 2.02. The van der Waals surface area contributed by atoms with E-state index < -0.39 is 29.8 Å². The van der Waals surface area contributed by atoms with Gasteiger partial charge in [0.15, 0.2) is 11.6 Å². The van der Waals surface area contributed by atoms with Crippen LogP contribution in [0.15, 0.2) is 30.7 Å². The number of hydrogen-bond donors (Lipinski definition) is 2. The maximum Gasteiger partial charge on any atom is 0.424 e. The first kappa shape index (κ1) is 16.2. The number of halogens is 4. The summed E-state index contributed by atoms with van der Waals surface area (Å²) in [5, 5.41) is 12.5. The van der Waals surface area contributed by atoms with E-state index >= 15 is 0 Å². The van der Waals surface area contributed by atoms with Crippen LogP contribution in [-0.4, -0.2) is 32.4 Å². The number of anilines is 1. The monoisotopic (exact) mass is 318 g/mol. The highest BCUT2D eigenvalue weighted by Gasteiger charge is 2.57. The summed E-state index contributed by atoms with van der Waals surface area (Å²) >= 11 is 0. The molecule has 0 aromatic carbocycles. The average molecular weight is 318 g/mol. The minimum Gasteiger partial charge on any atom is -0.374 e. The van der Waals surface area contributed by atoms with E-state index in [4.69, 9.17) is 0 Å². The Morgan fingerprint density at radius 1 is 1.27 bits per heavy atom. The van der Waals surface area contributed by atoms with E-state index in [1.807, 2.05) is 0 Å². The topological polar surface area (TPSA) is 63.0 Å². The summed E-state index contributed by atoms with van der Waals surface area (Å²) in [4.78, 5) is 7.24. The molecule has 0 aliphatic heterocycles. The van der Waals surface area contributed by atoms with Crippen molar-refractivity contribution in [3.8, 4) is 0 Å². The molecule has 2 N–H and O–H groups in total. The van der Waals surface area contributed by atoms with Crippen molar-refractivity contribution in [1.29, 1.82) is 0 Å². The van der Waals surface area contributed by atoms with Crippen LogP contribution in [0.25, 0.3) is 0 Å². The van der Waals surface area contributed by atoms with Gasteiger partial charge in [-0.3, -0.25) is 0 Å². The van der Waals surface area contributed by atoms with Crippen LogP contribution in [0.5, 0.6) is 0 Å². The standard InChI is InChI=1S/C13H14F4N4O/c1-21-8-7-20-11(21)12(22,13(15,16)17)4-6-19-10-9(14)3-2-5-18-10/h2-3,5,7-8,22H,4,6H2,1H3,(H,18,19). The van der Waals surface area contributed by atoms with Crippen molar-refractivity contribution in [1.82, 2.24) is 14.5 Å². The number of imidazole rings is 1.